The zero-order valence-corrected chi connectivity index (χ0v) is 14.0. The van der Waals surface area contributed by atoms with Gasteiger partial charge in [-0.1, -0.05) is 30.3 Å². The molecule has 0 bridgehead atoms. The summed E-state index contributed by atoms with van der Waals surface area (Å²) in [6.07, 6.45) is 0.602. The van der Waals surface area contributed by atoms with Gasteiger partial charge in [0, 0.05) is 17.5 Å². The monoisotopic (exact) mass is 336 g/mol. The lowest BCUT2D eigenvalue weighted by Crippen LogP contribution is -2.17. The van der Waals surface area contributed by atoms with Crippen molar-refractivity contribution in [3.8, 4) is 5.75 Å². The summed E-state index contributed by atoms with van der Waals surface area (Å²) >= 11 is 0. The van der Waals surface area contributed by atoms with Crippen LogP contribution in [0, 0.1) is 0 Å². The average Bonchev–Trinajstić information content (AvgIpc) is 2.62. The molecule has 1 heterocycles. The van der Waals surface area contributed by atoms with Crippen molar-refractivity contribution < 1.29 is 9.53 Å². The van der Waals surface area contributed by atoms with Gasteiger partial charge in [-0.2, -0.15) is 0 Å². The first-order valence-electron chi connectivity index (χ1n) is 8.30. The molecule has 0 saturated heterocycles. The predicted octanol–water partition coefficient (Wildman–Crippen LogP) is 3.50. The van der Waals surface area contributed by atoms with Gasteiger partial charge < -0.3 is 15.0 Å². The Hall–Kier alpha value is -3.08. The molecule has 0 radical (unpaired) electrons. The summed E-state index contributed by atoms with van der Waals surface area (Å²) in [4.78, 5) is 27.2. The highest BCUT2D eigenvalue weighted by molar-refractivity contribution is 5.92. The molecule has 3 rings (SSSR count). The Balaban J connectivity index is 1.69. The van der Waals surface area contributed by atoms with Crippen LogP contribution in [0.4, 0.5) is 5.69 Å². The molecule has 0 unspecified atom stereocenters. The second-order valence-electron chi connectivity index (χ2n) is 5.69. The molecule has 0 atom stereocenters. The number of anilines is 1. The van der Waals surface area contributed by atoms with E-state index in [4.69, 9.17) is 4.74 Å². The summed E-state index contributed by atoms with van der Waals surface area (Å²) in [7, 11) is 0. The van der Waals surface area contributed by atoms with Gasteiger partial charge in [0.2, 0.25) is 5.91 Å². The lowest BCUT2D eigenvalue weighted by Gasteiger charge is -2.11. The van der Waals surface area contributed by atoms with Gasteiger partial charge in [0.25, 0.3) is 5.56 Å². The Morgan fingerprint density at radius 1 is 1.12 bits per heavy atom. The number of hydrogen-bond acceptors (Lipinski definition) is 3. The molecule has 0 spiro atoms. The smallest absolute Gasteiger partial charge is 0.251 e. The van der Waals surface area contributed by atoms with Crippen LogP contribution in [-0.2, 0) is 11.2 Å². The van der Waals surface area contributed by atoms with Crippen LogP contribution in [0.15, 0.2) is 59.4 Å². The number of aromatic amines is 1. The number of aryl methyl sites for hydroxylation is 1. The number of para-hydroxylation sites is 3. The molecule has 2 N–H and O–H groups in total. The molecule has 3 aromatic rings. The molecule has 0 saturated carbocycles. The molecule has 25 heavy (non-hydrogen) atoms. The fourth-order valence-corrected chi connectivity index (χ4v) is 2.69. The molecular weight excluding hydrogens is 316 g/mol. The molecule has 5 nitrogen and oxygen atoms in total. The Morgan fingerprint density at radius 3 is 2.72 bits per heavy atom. The molecule has 0 aliphatic rings. The summed E-state index contributed by atoms with van der Waals surface area (Å²) in [5.41, 5.74) is 1.89. The van der Waals surface area contributed by atoms with Gasteiger partial charge in [-0.3, -0.25) is 9.59 Å². The molecule has 0 aliphatic carbocycles. The van der Waals surface area contributed by atoms with Crippen LogP contribution >= 0.6 is 0 Å². The fourth-order valence-electron chi connectivity index (χ4n) is 2.69. The van der Waals surface area contributed by atoms with Crippen molar-refractivity contribution >= 4 is 22.5 Å². The van der Waals surface area contributed by atoms with E-state index in [1.165, 1.54) is 0 Å². The number of ether oxygens (including phenoxy) is 1. The Labute approximate surface area is 145 Å². The summed E-state index contributed by atoms with van der Waals surface area (Å²) in [5, 5.41) is 3.80. The van der Waals surface area contributed by atoms with Gasteiger partial charge >= 0.3 is 0 Å². The molecule has 5 heteroatoms. The second kappa shape index (κ2) is 7.66. The summed E-state index contributed by atoms with van der Waals surface area (Å²) in [5.74, 6) is 0.488. The van der Waals surface area contributed by atoms with E-state index in [1.807, 2.05) is 55.5 Å². The SMILES string of the molecule is CCOc1ccccc1NC(=O)CCc1cc2ccccc2[nH]c1=O. The van der Waals surface area contributed by atoms with Gasteiger partial charge in [0.15, 0.2) is 0 Å². The molecule has 128 valence electrons. The molecule has 0 fully saturated rings. The largest absolute Gasteiger partial charge is 0.492 e. The number of fused-ring (bicyclic) bond motifs is 1. The predicted molar refractivity (Wildman–Crippen MR) is 99.1 cm³/mol. The van der Waals surface area contributed by atoms with Crippen molar-refractivity contribution in [1.29, 1.82) is 0 Å². The second-order valence-corrected chi connectivity index (χ2v) is 5.69. The number of rotatable bonds is 6. The highest BCUT2D eigenvalue weighted by Crippen LogP contribution is 2.23. The molecule has 1 amide bonds. The third-order valence-corrected chi connectivity index (χ3v) is 3.91. The van der Waals surface area contributed by atoms with Gasteiger partial charge in [-0.15, -0.1) is 0 Å². The topological polar surface area (TPSA) is 71.2 Å². The number of hydrogen-bond donors (Lipinski definition) is 2. The van der Waals surface area contributed by atoms with E-state index in [0.29, 0.717) is 30.0 Å². The zero-order chi connectivity index (χ0) is 17.6. The van der Waals surface area contributed by atoms with Crippen molar-refractivity contribution in [2.24, 2.45) is 0 Å². The standard InChI is InChI=1S/C20H20N2O3/c1-2-25-18-10-6-5-9-17(18)21-19(23)12-11-15-13-14-7-3-4-8-16(14)22-20(15)24/h3-10,13H,2,11-12H2,1H3,(H,21,23)(H,22,24). The number of benzene rings is 2. The quantitative estimate of drug-likeness (QED) is 0.724. The van der Waals surface area contributed by atoms with Gasteiger partial charge in [0.05, 0.1) is 12.3 Å². The van der Waals surface area contributed by atoms with E-state index in [1.54, 1.807) is 6.07 Å². The van der Waals surface area contributed by atoms with Gasteiger partial charge in [-0.25, -0.2) is 0 Å². The van der Waals surface area contributed by atoms with Crippen LogP contribution in [0.5, 0.6) is 5.75 Å². The molecule has 2 aromatic carbocycles. The first-order valence-corrected chi connectivity index (χ1v) is 8.30. The minimum absolute atomic E-state index is 0.152. The van der Waals surface area contributed by atoms with Crippen molar-refractivity contribution in [3.05, 3.63) is 70.5 Å². The van der Waals surface area contributed by atoms with Crippen LogP contribution in [-0.4, -0.2) is 17.5 Å². The number of carbonyl (C=O) groups is 1. The summed E-state index contributed by atoms with van der Waals surface area (Å²) in [6.45, 7) is 2.42. The van der Waals surface area contributed by atoms with Crippen molar-refractivity contribution in [2.45, 2.75) is 19.8 Å². The summed E-state index contributed by atoms with van der Waals surface area (Å²) in [6, 6.07) is 16.7. The maximum absolute atomic E-state index is 12.2. The van der Waals surface area contributed by atoms with Crippen LogP contribution < -0.4 is 15.6 Å². The molecule has 0 aliphatic heterocycles. The maximum atomic E-state index is 12.2. The highest BCUT2D eigenvalue weighted by Gasteiger charge is 2.09. The number of amides is 1. The lowest BCUT2D eigenvalue weighted by atomic mass is 10.1. The molecule has 1 aromatic heterocycles. The first kappa shape index (κ1) is 16.8. The third kappa shape index (κ3) is 4.07. The number of aromatic nitrogens is 1. The van der Waals surface area contributed by atoms with E-state index in [-0.39, 0.29) is 17.9 Å². The Kier molecular flexibility index (Phi) is 5.14. The van der Waals surface area contributed by atoms with Gasteiger partial charge in [-0.05, 0) is 43.0 Å². The van der Waals surface area contributed by atoms with Crippen molar-refractivity contribution in [1.82, 2.24) is 4.98 Å². The minimum atomic E-state index is -0.153. The Bertz CT molecular complexity index is 947. The Morgan fingerprint density at radius 2 is 1.88 bits per heavy atom. The van der Waals surface area contributed by atoms with Crippen LogP contribution in [0.25, 0.3) is 10.9 Å². The number of nitrogens with one attached hydrogen (secondary N) is 2. The van der Waals surface area contributed by atoms with Crippen molar-refractivity contribution in [2.75, 3.05) is 11.9 Å². The normalized spacial score (nSPS) is 10.6. The van der Waals surface area contributed by atoms with Crippen molar-refractivity contribution in [3.63, 3.8) is 0 Å². The fraction of sp³-hybridized carbons (Fsp3) is 0.200. The molecular formula is C20H20N2O3. The van der Waals surface area contributed by atoms with E-state index in [2.05, 4.69) is 10.3 Å². The summed E-state index contributed by atoms with van der Waals surface area (Å²) < 4.78 is 5.50. The van der Waals surface area contributed by atoms with E-state index in [9.17, 15) is 9.59 Å². The number of carbonyl (C=O) groups excluding carboxylic acids is 1. The van der Waals surface area contributed by atoms with Crippen LogP contribution in [0.2, 0.25) is 0 Å². The highest BCUT2D eigenvalue weighted by atomic mass is 16.5. The first-order chi connectivity index (χ1) is 12.2. The van der Waals surface area contributed by atoms with E-state index in [0.717, 1.165) is 10.9 Å². The van der Waals surface area contributed by atoms with Gasteiger partial charge in [0.1, 0.15) is 5.75 Å². The van der Waals surface area contributed by atoms with E-state index >= 15 is 0 Å². The van der Waals surface area contributed by atoms with Crippen LogP contribution in [0.1, 0.15) is 18.9 Å². The number of H-pyrrole nitrogens is 1. The number of pyridine rings is 1. The maximum Gasteiger partial charge on any atom is 0.251 e. The average molecular weight is 336 g/mol. The zero-order valence-electron chi connectivity index (χ0n) is 14.0. The van der Waals surface area contributed by atoms with E-state index < -0.39 is 0 Å². The lowest BCUT2D eigenvalue weighted by molar-refractivity contribution is -0.116. The van der Waals surface area contributed by atoms with Crippen LogP contribution in [0.3, 0.4) is 0 Å². The minimum Gasteiger partial charge on any atom is -0.492 e. The third-order valence-electron chi connectivity index (χ3n) is 3.91.